The van der Waals surface area contributed by atoms with Gasteiger partial charge < -0.3 is 39.4 Å². The van der Waals surface area contributed by atoms with Gasteiger partial charge in [0, 0.05) is 10.8 Å². The lowest BCUT2D eigenvalue weighted by Gasteiger charge is -2.54. The topological polar surface area (TPSA) is 186 Å². The maximum atomic E-state index is 12.2. The molecule has 0 aromatic carbocycles. The van der Waals surface area contributed by atoms with Gasteiger partial charge in [0.2, 0.25) is 0 Å². The van der Waals surface area contributed by atoms with Gasteiger partial charge in [-0.1, -0.05) is 27.7 Å². The Kier molecular flexibility index (Phi) is 6.72. The highest BCUT2D eigenvalue weighted by molar-refractivity contribution is 6.03. The summed E-state index contributed by atoms with van der Waals surface area (Å²) < 4.78 is 22.3. The summed E-state index contributed by atoms with van der Waals surface area (Å²) >= 11 is 0. The smallest absolute Gasteiger partial charge is 0.348 e. The second-order valence-electron chi connectivity index (χ2n) is 9.40. The maximum Gasteiger partial charge on any atom is 0.348 e. The molecule has 1 unspecified atom stereocenters. The summed E-state index contributed by atoms with van der Waals surface area (Å²) in [6, 6.07) is 0. The lowest BCUT2D eigenvalue weighted by Crippen LogP contribution is -2.73. The standard InChI is InChI=1S/C19H28O12/c1-16(2,5-10(20)21)14-28-7-18(8-29-14)9-30-15(17(3,4)6-11(22)23)31-19(18,12(24)25)13(26)27/h14-15H,5-9H2,1-4H3,(H,20,21)(H,22,23)(H,24,25)(H,26,27). The first-order valence-electron chi connectivity index (χ1n) is 9.53. The van der Waals surface area contributed by atoms with Gasteiger partial charge >= 0.3 is 23.9 Å². The molecule has 2 aliphatic heterocycles. The molecule has 0 bridgehead atoms. The quantitative estimate of drug-likeness (QED) is 0.380. The predicted molar refractivity (Wildman–Crippen MR) is 99.0 cm³/mol. The molecule has 0 aromatic heterocycles. The van der Waals surface area contributed by atoms with Crippen LogP contribution in [0.5, 0.6) is 0 Å². The zero-order valence-corrected chi connectivity index (χ0v) is 17.7. The average Bonchev–Trinajstić information content (AvgIpc) is 2.59. The van der Waals surface area contributed by atoms with Gasteiger partial charge in [-0.3, -0.25) is 9.59 Å². The second-order valence-corrected chi connectivity index (χ2v) is 9.40. The molecule has 0 aromatic rings. The van der Waals surface area contributed by atoms with E-state index in [1.807, 2.05) is 0 Å². The molecule has 176 valence electrons. The molecule has 0 saturated carbocycles. The van der Waals surface area contributed by atoms with Crippen molar-refractivity contribution in [1.29, 1.82) is 0 Å². The third-order valence-corrected chi connectivity index (χ3v) is 5.66. The van der Waals surface area contributed by atoms with E-state index in [1.54, 1.807) is 13.8 Å². The Balaban J connectivity index is 2.36. The monoisotopic (exact) mass is 448 g/mol. The van der Waals surface area contributed by atoms with E-state index < -0.39 is 84.5 Å². The fraction of sp³-hybridized carbons (Fsp3) is 0.789. The second kappa shape index (κ2) is 8.34. The number of carboxylic acid groups (broad SMARTS) is 4. The maximum absolute atomic E-state index is 12.2. The zero-order valence-electron chi connectivity index (χ0n) is 17.7. The summed E-state index contributed by atoms with van der Waals surface area (Å²) in [4.78, 5) is 46.7. The lowest BCUT2D eigenvalue weighted by molar-refractivity contribution is -0.374. The van der Waals surface area contributed by atoms with Crippen molar-refractivity contribution in [1.82, 2.24) is 0 Å². The number of ether oxygens (including phenoxy) is 4. The highest BCUT2D eigenvalue weighted by Gasteiger charge is 2.70. The summed E-state index contributed by atoms with van der Waals surface area (Å²) in [5.74, 6) is -5.90. The first-order valence-corrected chi connectivity index (χ1v) is 9.53. The molecule has 2 heterocycles. The molecule has 2 saturated heterocycles. The van der Waals surface area contributed by atoms with Gasteiger partial charge in [-0.2, -0.15) is 0 Å². The predicted octanol–water partition coefficient (Wildman–Crippen LogP) is 0.628. The summed E-state index contributed by atoms with van der Waals surface area (Å²) in [6.07, 6.45) is -3.23. The first kappa shape index (κ1) is 25.0. The first-order chi connectivity index (χ1) is 14.1. The molecule has 0 aliphatic carbocycles. The highest BCUT2D eigenvalue weighted by atomic mass is 16.7. The largest absolute Gasteiger partial charge is 0.481 e. The van der Waals surface area contributed by atoms with Crippen LogP contribution in [0.3, 0.4) is 0 Å². The zero-order chi connectivity index (χ0) is 23.8. The Morgan fingerprint density at radius 1 is 0.742 bits per heavy atom. The van der Waals surface area contributed by atoms with Crippen LogP contribution in [0, 0.1) is 16.2 Å². The molecule has 1 atom stereocenters. The SMILES string of the molecule is CC(C)(CC(=O)O)C1OCC2(CO1)COC(C(C)(C)CC(=O)O)OC2(C(=O)O)C(=O)O. The van der Waals surface area contributed by atoms with Crippen molar-refractivity contribution in [3.63, 3.8) is 0 Å². The Hall–Kier alpha value is -2.28. The fourth-order valence-corrected chi connectivity index (χ4v) is 3.93. The van der Waals surface area contributed by atoms with E-state index in [2.05, 4.69) is 0 Å². The van der Waals surface area contributed by atoms with Crippen molar-refractivity contribution in [3.05, 3.63) is 0 Å². The highest BCUT2D eigenvalue weighted by Crippen LogP contribution is 2.49. The Bertz CT molecular complexity index is 725. The van der Waals surface area contributed by atoms with Gasteiger partial charge in [0.25, 0.3) is 5.60 Å². The Labute approximate surface area is 178 Å². The van der Waals surface area contributed by atoms with Gasteiger partial charge in [-0.25, -0.2) is 9.59 Å². The van der Waals surface area contributed by atoms with E-state index in [0.29, 0.717) is 0 Å². The van der Waals surface area contributed by atoms with Crippen LogP contribution in [0.2, 0.25) is 0 Å². The lowest BCUT2D eigenvalue weighted by atomic mass is 9.70. The third kappa shape index (κ3) is 4.52. The van der Waals surface area contributed by atoms with Crippen molar-refractivity contribution >= 4 is 23.9 Å². The van der Waals surface area contributed by atoms with Crippen LogP contribution < -0.4 is 0 Å². The van der Waals surface area contributed by atoms with Crippen LogP contribution in [-0.4, -0.2) is 82.3 Å². The summed E-state index contributed by atoms with van der Waals surface area (Å²) in [6.45, 7) is 4.73. The van der Waals surface area contributed by atoms with E-state index in [0.717, 1.165) is 0 Å². The third-order valence-electron chi connectivity index (χ3n) is 5.66. The summed E-state index contributed by atoms with van der Waals surface area (Å²) in [7, 11) is 0. The van der Waals surface area contributed by atoms with E-state index >= 15 is 0 Å². The van der Waals surface area contributed by atoms with E-state index in [9.17, 15) is 29.4 Å². The number of rotatable bonds is 8. The molecule has 2 rings (SSSR count). The minimum absolute atomic E-state index is 0.299. The van der Waals surface area contributed by atoms with Crippen LogP contribution in [0.15, 0.2) is 0 Å². The molecule has 4 N–H and O–H groups in total. The fourth-order valence-electron chi connectivity index (χ4n) is 3.93. The van der Waals surface area contributed by atoms with Crippen molar-refractivity contribution in [2.24, 2.45) is 16.2 Å². The molecular weight excluding hydrogens is 420 g/mol. The minimum atomic E-state index is -2.84. The van der Waals surface area contributed by atoms with Crippen molar-refractivity contribution in [3.8, 4) is 0 Å². The normalized spacial score (nSPS) is 28.8. The molecule has 0 amide bonds. The van der Waals surface area contributed by atoms with Crippen molar-refractivity contribution in [2.75, 3.05) is 19.8 Å². The van der Waals surface area contributed by atoms with Gasteiger partial charge in [-0.05, 0) is 0 Å². The van der Waals surface area contributed by atoms with Crippen LogP contribution in [-0.2, 0) is 38.1 Å². The molecule has 2 aliphatic rings. The summed E-state index contributed by atoms with van der Waals surface area (Å²) in [5, 5.41) is 38.0. The van der Waals surface area contributed by atoms with Crippen molar-refractivity contribution < 1.29 is 58.6 Å². The van der Waals surface area contributed by atoms with Gasteiger partial charge in [0.05, 0.1) is 38.1 Å². The average molecular weight is 448 g/mol. The van der Waals surface area contributed by atoms with Crippen LogP contribution >= 0.6 is 0 Å². The minimum Gasteiger partial charge on any atom is -0.481 e. The van der Waals surface area contributed by atoms with Gasteiger partial charge in [-0.15, -0.1) is 0 Å². The molecule has 2 fully saturated rings. The van der Waals surface area contributed by atoms with Crippen LogP contribution in [0.4, 0.5) is 0 Å². The van der Waals surface area contributed by atoms with E-state index in [-0.39, 0.29) is 6.42 Å². The number of aliphatic carboxylic acids is 4. The molecule has 12 nitrogen and oxygen atoms in total. The van der Waals surface area contributed by atoms with Crippen molar-refractivity contribution in [2.45, 2.75) is 58.7 Å². The molecule has 1 spiro atoms. The van der Waals surface area contributed by atoms with Gasteiger partial charge in [0.15, 0.2) is 12.6 Å². The molecular formula is C19H28O12. The van der Waals surface area contributed by atoms with E-state index in [1.165, 1.54) is 13.8 Å². The molecule has 12 heteroatoms. The van der Waals surface area contributed by atoms with E-state index in [4.69, 9.17) is 29.2 Å². The Morgan fingerprint density at radius 2 is 1.10 bits per heavy atom. The number of hydrogen-bond acceptors (Lipinski definition) is 8. The number of hydrogen-bond donors (Lipinski definition) is 4. The summed E-state index contributed by atoms with van der Waals surface area (Å²) in [5.41, 5.74) is -6.86. The van der Waals surface area contributed by atoms with Crippen LogP contribution in [0.1, 0.15) is 40.5 Å². The number of carbonyl (C=O) groups is 4. The Morgan fingerprint density at radius 3 is 1.45 bits per heavy atom. The number of carboxylic acids is 4. The van der Waals surface area contributed by atoms with Gasteiger partial charge in [0.1, 0.15) is 0 Å². The molecule has 31 heavy (non-hydrogen) atoms. The van der Waals surface area contributed by atoms with Crippen LogP contribution in [0.25, 0.3) is 0 Å². The molecule has 0 radical (unpaired) electrons.